The maximum atomic E-state index is 5.41. The Balaban J connectivity index is 2.20. The number of hydrogen-bond donors (Lipinski definition) is 1. The molecule has 0 aromatic heterocycles. The summed E-state index contributed by atoms with van der Waals surface area (Å²) < 4.78 is 0. The van der Waals surface area contributed by atoms with Crippen molar-refractivity contribution in [3.05, 3.63) is 0 Å². The van der Waals surface area contributed by atoms with Crippen LogP contribution in [0.1, 0.15) is 6.42 Å². The number of rotatable bonds is 0. The predicted octanol–water partition coefficient (Wildman–Crippen LogP) is 0.325. The minimum Gasteiger partial charge on any atom is -0.326 e. The van der Waals surface area contributed by atoms with Crippen molar-refractivity contribution in [1.82, 2.24) is 0 Å². The average Bonchev–Trinajstić information content (AvgIpc) is 1.79. The Morgan fingerprint density at radius 2 is 2.00 bits per heavy atom. The van der Waals surface area contributed by atoms with Gasteiger partial charge in [0.1, 0.15) is 0 Å². The molecule has 1 saturated carbocycles. The highest BCUT2D eigenvalue weighted by molar-refractivity contribution is 6.23. The van der Waals surface area contributed by atoms with Crippen LogP contribution in [0.15, 0.2) is 0 Å². The van der Waals surface area contributed by atoms with Crippen LogP contribution >= 0.6 is 11.6 Å². The van der Waals surface area contributed by atoms with Gasteiger partial charge < -0.3 is 5.73 Å². The van der Waals surface area contributed by atoms with Crippen molar-refractivity contribution < 1.29 is 0 Å². The lowest BCUT2D eigenvalue weighted by molar-refractivity contribution is 1.07. The summed E-state index contributed by atoms with van der Waals surface area (Å²) in [5, 5.41) is 0.301. The minimum atomic E-state index is 0.301. The van der Waals surface area contributed by atoms with E-state index in [0.29, 0.717) is 11.4 Å². The van der Waals surface area contributed by atoms with E-state index in [1.807, 2.05) is 0 Å². The maximum Gasteiger partial charge on any atom is 0.0502 e. The fourth-order valence-corrected chi connectivity index (χ4v) is 0.387. The van der Waals surface area contributed by atoms with Crippen LogP contribution in [0.5, 0.6) is 0 Å². The summed E-state index contributed by atoms with van der Waals surface area (Å²) in [7, 11) is 0. The van der Waals surface area contributed by atoms with Gasteiger partial charge in [-0.05, 0) is 6.42 Å². The monoisotopic (exact) mass is 91.0 g/mol. The molecular formula is C3H6ClN. The van der Waals surface area contributed by atoms with E-state index in [2.05, 4.69) is 0 Å². The molecule has 0 spiro atoms. The second-order valence-electron chi connectivity index (χ2n) is 1.42. The topological polar surface area (TPSA) is 26.0 Å². The highest BCUT2D eigenvalue weighted by Gasteiger charge is 2.30. The minimum absolute atomic E-state index is 0.301. The maximum absolute atomic E-state index is 5.41. The fourth-order valence-electron chi connectivity index (χ4n) is 0.181. The Labute approximate surface area is 36.1 Å². The van der Waals surface area contributed by atoms with E-state index in [9.17, 15) is 0 Å². The van der Waals surface area contributed by atoms with Crippen molar-refractivity contribution >= 4 is 11.6 Å². The van der Waals surface area contributed by atoms with Gasteiger partial charge in [-0.2, -0.15) is 0 Å². The second-order valence-corrected chi connectivity index (χ2v) is 1.98. The van der Waals surface area contributed by atoms with E-state index in [-0.39, 0.29) is 0 Å². The van der Waals surface area contributed by atoms with E-state index in [1.165, 1.54) is 0 Å². The summed E-state index contributed by atoms with van der Waals surface area (Å²) in [6.45, 7) is 0. The SMILES string of the molecule is NC1CC1Cl. The number of alkyl halides is 1. The zero-order valence-corrected chi connectivity index (χ0v) is 3.57. The lowest BCUT2D eigenvalue weighted by Crippen LogP contribution is -1.99. The van der Waals surface area contributed by atoms with Gasteiger partial charge in [0.2, 0.25) is 0 Å². The third kappa shape index (κ3) is 0.551. The molecule has 2 unspecified atom stereocenters. The zero-order valence-electron chi connectivity index (χ0n) is 2.82. The molecule has 0 heterocycles. The first kappa shape index (κ1) is 3.44. The van der Waals surface area contributed by atoms with Crippen LogP contribution in [0.25, 0.3) is 0 Å². The third-order valence-electron chi connectivity index (χ3n) is 0.759. The normalized spacial score (nSPS) is 49.2. The van der Waals surface area contributed by atoms with Crippen molar-refractivity contribution in [3.63, 3.8) is 0 Å². The molecule has 2 heteroatoms. The summed E-state index contributed by atoms with van der Waals surface area (Å²) in [6, 6.07) is 0.316. The van der Waals surface area contributed by atoms with E-state index < -0.39 is 0 Å². The molecule has 2 N–H and O–H groups in total. The molecule has 1 aliphatic rings. The molecule has 1 aliphatic carbocycles. The van der Waals surface area contributed by atoms with Crippen molar-refractivity contribution in [1.29, 1.82) is 0 Å². The van der Waals surface area contributed by atoms with Crippen molar-refractivity contribution in [2.75, 3.05) is 0 Å². The van der Waals surface area contributed by atoms with E-state index in [0.717, 1.165) is 6.42 Å². The largest absolute Gasteiger partial charge is 0.326 e. The zero-order chi connectivity index (χ0) is 3.86. The second kappa shape index (κ2) is 0.854. The lowest BCUT2D eigenvalue weighted by Gasteiger charge is -1.67. The van der Waals surface area contributed by atoms with Crippen LogP contribution in [0.3, 0.4) is 0 Å². The van der Waals surface area contributed by atoms with Gasteiger partial charge in [-0.1, -0.05) is 0 Å². The van der Waals surface area contributed by atoms with Gasteiger partial charge in [-0.25, -0.2) is 0 Å². The Bertz CT molecular complexity index is 40.2. The van der Waals surface area contributed by atoms with Gasteiger partial charge in [0.25, 0.3) is 0 Å². The van der Waals surface area contributed by atoms with Gasteiger partial charge >= 0.3 is 0 Å². The molecule has 0 aromatic carbocycles. The fraction of sp³-hybridized carbons (Fsp3) is 1.00. The summed E-state index contributed by atoms with van der Waals surface area (Å²) in [4.78, 5) is 0. The Morgan fingerprint density at radius 1 is 1.80 bits per heavy atom. The van der Waals surface area contributed by atoms with Gasteiger partial charge in [-0.3, -0.25) is 0 Å². The molecule has 2 atom stereocenters. The van der Waals surface area contributed by atoms with Gasteiger partial charge in [0, 0.05) is 6.04 Å². The summed E-state index contributed by atoms with van der Waals surface area (Å²) in [6.07, 6.45) is 1.02. The van der Waals surface area contributed by atoms with E-state index >= 15 is 0 Å². The van der Waals surface area contributed by atoms with Crippen molar-refractivity contribution in [2.45, 2.75) is 17.8 Å². The Morgan fingerprint density at radius 3 is 2.00 bits per heavy atom. The van der Waals surface area contributed by atoms with E-state index in [4.69, 9.17) is 17.3 Å². The molecule has 5 heavy (non-hydrogen) atoms. The first-order valence-electron chi connectivity index (χ1n) is 1.70. The predicted molar refractivity (Wildman–Crippen MR) is 22.2 cm³/mol. The van der Waals surface area contributed by atoms with Crippen LogP contribution in [-0.4, -0.2) is 11.4 Å². The van der Waals surface area contributed by atoms with Crippen molar-refractivity contribution in [2.24, 2.45) is 5.73 Å². The Hall–Kier alpha value is 0.250. The average molecular weight is 91.5 g/mol. The van der Waals surface area contributed by atoms with Gasteiger partial charge in [0.15, 0.2) is 0 Å². The third-order valence-corrected chi connectivity index (χ3v) is 1.26. The summed E-state index contributed by atoms with van der Waals surface area (Å²) in [5.74, 6) is 0. The smallest absolute Gasteiger partial charge is 0.0502 e. The van der Waals surface area contributed by atoms with Crippen LogP contribution < -0.4 is 5.73 Å². The Kier molecular flexibility index (Phi) is 0.588. The van der Waals surface area contributed by atoms with Crippen LogP contribution in [-0.2, 0) is 0 Å². The number of halogens is 1. The standard InChI is InChI=1S/C3H6ClN/c4-2-1-3(2)5/h2-3H,1,5H2. The molecule has 0 saturated heterocycles. The number of hydrogen-bond acceptors (Lipinski definition) is 1. The molecule has 0 radical (unpaired) electrons. The van der Waals surface area contributed by atoms with Crippen LogP contribution in [0, 0.1) is 0 Å². The van der Waals surface area contributed by atoms with Gasteiger partial charge in [-0.15, -0.1) is 11.6 Å². The molecular weight excluding hydrogens is 85.5 g/mol. The molecule has 0 aromatic rings. The molecule has 1 nitrogen and oxygen atoms in total. The molecule has 30 valence electrons. The highest BCUT2D eigenvalue weighted by atomic mass is 35.5. The molecule has 0 bridgehead atoms. The summed E-state index contributed by atoms with van der Waals surface area (Å²) >= 11 is 5.41. The highest BCUT2D eigenvalue weighted by Crippen LogP contribution is 2.24. The van der Waals surface area contributed by atoms with Crippen molar-refractivity contribution in [3.8, 4) is 0 Å². The first-order valence-corrected chi connectivity index (χ1v) is 2.14. The number of nitrogens with two attached hydrogens (primary N) is 1. The molecule has 1 fully saturated rings. The molecule has 0 aliphatic heterocycles. The van der Waals surface area contributed by atoms with Gasteiger partial charge in [0.05, 0.1) is 5.38 Å². The lowest BCUT2D eigenvalue weighted by atomic mass is 10.8. The summed E-state index contributed by atoms with van der Waals surface area (Å²) in [5.41, 5.74) is 5.23. The van der Waals surface area contributed by atoms with E-state index in [1.54, 1.807) is 0 Å². The first-order chi connectivity index (χ1) is 2.30. The molecule has 0 amide bonds. The molecule has 1 rings (SSSR count). The van der Waals surface area contributed by atoms with Crippen LogP contribution in [0.2, 0.25) is 0 Å². The quantitative estimate of drug-likeness (QED) is 0.427. The van der Waals surface area contributed by atoms with Crippen LogP contribution in [0.4, 0.5) is 0 Å².